The number of hydrogen-bond donors (Lipinski definition) is 0. The second-order valence-electron chi connectivity index (χ2n) is 19.8. The number of carbonyl (C=O) groups excluding carboxylic acids is 3. The number of esters is 3. The lowest BCUT2D eigenvalue weighted by Gasteiger charge is -2.18. The van der Waals surface area contributed by atoms with Crippen LogP contribution in [0.4, 0.5) is 0 Å². The van der Waals surface area contributed by atoms with Crippen LogP contribution in [0.2, 0.25) is 0 Å². The molecule has 6 heteroatoms. The highest BCUT2D eigenvalue weighted by Crippen LogP contribution is 2.14. The summed E-state index contributed by atoms with van der Waals surface area (Å²) in [7, 11) is 0. The molecular formula is C71H112O6. The van der Waals surface area contributed by atoms with Gasteiger partial charge in [-0.25, -0.2) is 0 Å². The number of ether oxygens (including phenoxy) is 3. The van der Waals surface area contributed by atoms with E-state index in [1.165, 1.54) is 103 Å². The molecule has 0 aliphatic rings. The van der Waals surface area contributed by atoms with Gasteiger partial charge in [0.25, 0.3) is 0 Å². The van der Waals surface area contributed by atoms with Gasteiger partial charge in [0.1, 0.15) is 13.2 Å². The van der Waals surface area contributed by atoms with Gasteiger partial charge in [-0.3, -0.25) is 14.4 Å². The zero-order valence-electron chi connectivity index (χ0n) is 49.4. The standard InChI is InChI=1S/C71H112O6/c1-4-7-10-13-16-19-22-25-27-29-31-32-33-34-35-36-37-38-40-41-43-46-49-52-55-58-61-64-70(73)76-67-68(66-75-69(72)63-60-57-54-51-48-45-24-21-18-15-12-9-6-3)77-71(74)65-62-59-56-53-50-47-44-42-39-30-28-26-23-20-17-14-11-8-5-2/h8-9,11-12,17-18,20-22,25-26,28-29,31,33-34,39,42,45,47-48,50,54,56-57,59,68H,4-7,10,13-16,19,23-24,27,30,32,35-38,40-41,43-44,46,49,51-53,55,58,60-67H2,1-3H3/b11-8-,12-9-,20-17-,21-18-,25-22-,28-26-,31-29-,34-33-,42-39-,48-45-,50-47-,57-54-,59-56-. The van der Waals surface area contributed by atoms with Gasteiger partial charge in [0, 0.05) is 19.3 Å². The lowest BCUT2D eigenvalue weighted by atomic mass is 10.0. The highest BCUT2D eigenvalue weighted by atomic mass is 16.6. The minimum atomic E-state index is -0.856. The van der Waals surface area contributed by atoms with Crippen molar-refractivity contribution >= 4 is 17.9 Å². The van der Waals surface area contributed by atoms with E-state index in [9.17, 15) is 14.4 Å². The van der Waals surface area contributed by atoms with Gasteiger partial charge in [-0.15, -0.1) is 0 Å². The highest BCUT2D eigenvalue weighted by Gasteiger charge is 2.19. The molecule has 6 nitrogen and oxygen atoms in total. The van der Waals surface area contributed by atoms with Crippen molar-refractivity contribution in [2.24, 2.45) is 0 Å². The average Bonchev–Trinajstić information content (AvgIpc) is 3.43. The molecular weight excluding hydrogens is 949 g/mol. The summed E-state index contributed by atoms with van der Waals surface area (Å²) in [5.74, 6) is -1.12. The molecule has 0 rings (SSSR count). The fourth-order valence-electron chi connectivity index (χ4n) is 7.96. The van der Waals surface area contributed by atoms with Crippen LogP contribution in [0, 0.1) is 0 Å². The largest absolute Gasteiger partial charge is 0.462 e. The Labute approximate surface area is 473 Å². The van der Waals surface area contributed by atoms with Gasteiger partial charge in [0.2, 0.25) is 0 Å². The SMILES string of the molecule is CC/C=C\C/C=C\C/C=C\C/C=C\C/C=C\C/C=C\CCC(=O)OC(COC(=O)CC/C=C\C/C=C\C/C=C\C/C=C\CC)COC(=O)CCCCCCCCCCCCCC/C=C\C/C=C\C/C=C\CCCCCCC. The van der Waals surface area contributed by atoms with Gasteiger partial charge in [-0.1, -0.05) is 269 Å². The molecule has 0 saturated heterocycles. The minimum Gasteiger partial charge on any atom is -0.462 e. The predicted octanol–water partition coefficient (Wildman–Crippen LogP) is 21.3. The summed E-state index contributed by atoms with van der Waals surface area (Å²) in [4.78, 5) is 38.2. The third-order valence-electron chi connectivity index (χ3n) is 12.5. The number of carbonyl (C=O) groups is 3. The second kappa shape index (κ2) is 63.6. The van der Waals surface area contributed by atoms with Gasteiger partial charge in [-0.2, -0.15) is 0 Å². The van der Waals surface area contributed by atoms with Crippen molar-refractivity contribution in [2.75, 3.05) is 13.2 Å². The third-order valence-corrected chi connectivity index (χ3v) is 12.5. The topological polar surface area (TPSA) is 78.9 Å². The zero-order chi connectivity index (χ0) is 55.7. The number of rotatable bonds is 54. The molecule has 0 aliphatic carbocycles. The Hall–Kier alpha value is -4.97. The summed E-state index contributed by atoms with van der Waals surface area (Å²) in [5.41, 5.74) is 0. The second-order valence-corrected chi connectivity index (χ2v) is 19.8. The fourth-order valence-corrected chi connectivity index (χ4v) is 7.96. The van der Waals surface area contributed by atoms with E-state index >= 15 is 0 Å². The molecule has 0 heterocycles. The summed E-state index contributed by atoms with van der Waals surface area (Å²) in [6.07, 6.45) is 92.8. The third kappa shape index (κ3) is 61.8. The maximum absolute atomic E-state index is 12.8. The Kier molecular flexibility index (Phi) is 59.5. The molecule has 0 amide bonds. The van der Waals surface area contributed by atoms with Crippen LogP contribution in [0.3, 0.4) is 0 Å². The van der Waals surface area contributed by atoms with Gasteiger partial charge in [0.15, 0.2) is 6.10 Å². The van der Waals surface area contributed by atoms with Gasteiger partial charge >= 0.3 is 17.9 Å². The van der Waals surface area contributed by atoms with Gasteiger partial charge in [0.05, 0.1) is 0 Å². The van der Waals surface area contributed by atoms with E-state index in [4.69, 9.17) is 14.2 Å². The number of allylic oxidation sites excluding steroid dienone is 26. The first kappa shape index (κ1) is 72.0. The molecule has 0 spiro atoms. The van der Waals surface area contributed by atoms with Crippen LogP contribution in [0.5, 0.6) is 0 Å². The Morgan fingerprint density at radius 3 is 0.870 bits per heavy atom. The number of unbranched alkanes of at least 4 members (excludes halogenated alkanes) is 17. The predicted molar refractivity (Wildman–Crippen MR) is 334 cm³/mol. The molecule has 0 fully saturated rings. The molecule has 0 aromatic rings. The maximum atomic E-state index is 12.8. The molecule has 0 radical (unpaired) electrons. The molecule has 1 unspecified atom stereocenters. The lowest BCUT2D eigenvalue weighted by molar-refractivity contribution is -0.166. The van der Waals surface area contributed by atoms with Gasteiger partial charge in [-0.05, 0) is 122 Å². The Bertz CT molecular complexity index is 1740. The van der Waals surface area contributed by atoms with Crippen molar-refractivity contribution in [3.05, 3.63) is 158 Å². The van der Waals surface area contributed by atoms with Crippen LogP contribution >= 0.6 is 0 Å². The molecule has 1 atom stereocenters. The smallest absolute Gasteiger partial charge is 0.306 e. The van der Waals surface area contributed by atoms with Crippen LogP contribution < -0.4 is 0 Å². The summed E-state index contributed by atoms with van der Waals surface area (Å²) >= 11 is 0. The molecule has 0 N–H and O–H groups in total. The molecule has 432 valence electrons. The summed E-state index contributed by atoms with van der Waals surface area (Å²) in [6.45, 7) is 6.26. The molecule has 0 aromatic heterocycles. The van der Waals surface area contributed by atoms with E-state index in [-0.39, 0.29) is 38.0 Å². The van der Waals surface area contributed by atoms with Crippen LogP contribution in [0.1, 0.15) is 252 Å². The van der Waals surface area contributed by atoms with Crippen LogP contribution in [0.15, 0.2) is 158 Å². The van der Waals surface area contributed by atoms with Crippen molar-refractivity contribution in [1.29, 1.82) is 0 Å². The molecule has 77 heavy (non-hydrogen) atoms. The van der Waals surface area contributed by atoms with Crippen molar-refractivity contribution in [1.82, 2.24) is 0 Å². The normalized spacial score (nSPS) is 13.2. The highest BCUT2D eigenvalue weighted by molar-refractivity contribution is 5.71. The van der Waals surface area contributed by atoms with E-state index in [1.807, 2.05) is 24.3 Å². The van der Waals surface area contributed by atoms with Gasteiger partial charge < -0.3 is 14.2 Å². The van der Waals surface area contributed by atoms with E-state index in [0.29, 0.717) is 19.3 Å². The molecule has 0 saturated carbocycles. The first-order valence-corrected chi connectivity index (χ1v) is 31.0. The fraction of sp³-hybridized carbons (Fsp3) is 0.592. The molecule has 0 aromatic carbocycles. The van der Waals surface area contributed by atoms with Crippen LogP contribution in [-0.2, 0) is 28.6 Å². The quantitative estimate of drug-likeness (QED) is 0.0261. The van der Waals surface area contributed by atoms with E-state index in [0.717, 1.165) is 96.3 Å². The monoisotopic (exact) mass is 1060 g/mol. The Morgan fingerprint density at radius 2 is 0.532 bits per heavy atom. The molecule has 0 bridgehead atoms. The molecule has 0 aliphatic heterocycles. The average molecular weight is 1060 g/mol. The Morgan fingerprint density at radius 1 is 0.273 bits per heavy atom. The van der Waals surface area contributed by atoms with Crippen molar-refractivity contribution in [3.63, 3.8) is 0 Å². The Balaban J connectivity index is 4.45. The zero-order valence-corrected chi connectivity index (χ0v) is 49.4. The minimum absolute atomic E-state index is 0.138. The van der Waals surface area contributed by atoms with Crippen LogP contribution in [0.25, 0.3) is 0 Å². The first-order chi connectivity index (χ1) is 38.0. The van der Waals surface area contributed by atoms with E-state index in [1.54, 1.807) is 0 Å². The van der Waals surface area contributed by atoms with Crippen LogP contribution in [-0.4, -0.2) is 37.2 Å². The van der Waals surface area contributed by atoms with Crippen molar-refractivity contribution < 1.29 is 28.6 Å². The van der Waals surface area contributed by atoms with E-state index < -0.39 is 12.1 Å². The number of hydrogen-bond acceptors (Lipinski definition) is 6. The van der Waals surface area contributed by atoms with Crippen molar-refractivity contribution in [2.45, 2.75) is 258 Å². The summed E-state index contributed by atoms with van der Waals surface area (Å²) in [5, 5.41) is 0. The van der Waals surface area contributed by atoms with E-state index in [2.05, 4.69) is 154 Å². The first-order valence-electron chi connectivity index (χ1n) is 31.0. The van der Waals surface area contributed by atoms with Crippen molar-refractivity contribution in [3.8, 4) is 0 Å². The summed E-state index contributed by atoms with van der Waals surface area (Å²) in [6, 6.07) is 0. The lowest BCUT2D eigenvalue weighted by Crippen LogP contribution is -2.30. The summed E-state index contributed by atoms with van der Waals surface area (Å²) < 4.78 is 16.7. The maximum Gasteiger partial charge on any atom is 0.306 e.